The van der Waals surface area contributed by atoms with Crippen LogP contribution >= 0.6 is 0 Å². The van der Waals surface area contributed by atoms with Crippen molar-refractivity contribution in [3.63, 3.8) is 0 Å². The van der Waals surface area contributed by atoms with E-state index in [0.717, 1.165) is 38.2 Å². The van der Waals surface area contributed by atoms with Gasteiger partial charge in [0.25, 0.3) is 0 Å². The van der Waals surface area contributed by atoms with Crippen LogP contribution in [0.1, 0.15) is 30.5 Å². The summed E-state index contributed by atoms with van der Waals surface area (Å²) in [5.74, 6) is 0. The lowest BCUT2D eigenvalue weighted by Gasteiger charge is -2.39. The Kier molecular flexibility index (Phi) is 5.06. The molecule has 25 heavy (non-hydrogen) atoms. The molecule has 2 fully saturated rings. The lowest BCUT2D eigenvalue weighted by Crippen LogP contribution is -2.47. The highest BCUT2D eigenvalue weighted by Gasteiger charge is 2.43. The van der Waals surface area contributed by atoms with Gasteiger partial charge in [0.1, 0.15) is 0 Å². The summed E-state index contributed by atoms with van der Waals surface area (Å²) in [4.78, 5) is 10.9. The van der Waals surface area contributed by atoms with Crippen molar-refractivity contribution in [2.45, 2.75) is 44.1 Å². The average Bonchev–Trinajstić information content (AvgIpc) is 3.04. The van der Waals surface area contributed by atoms with E-state index in [1.165, 1.54) is 12.0 Å². The lowest BCUT2D eigenvalue weighted by molar-refractivity contribution is -0.0548. The Balaban J connectivity index is 1.31. The summed E-state index contributed by atoms with van der Waals surface area (Å²) >= 11 is 0. The summed E-state index contributed by atoms with van der Waals surface area (Å²) in [5, 5.41) is 0. The predicted octanol–water partition coefficient (Wildman–Crippen LogP) is 2.82. The van der Waals surface area contributed by atoms with Crippen LogP contribution in [0.25, 0.3) is 0 Å². The van der Waals surface area contributed by atoms with Crippen LogP contribution in [0.15, 0.2) is 48.9 Å². The molecule has 2 saturated heterocycles. The Hall–Kier alpha value is -1.82. The van der Waals surface area contributed by atoms with E-state index in [9.17, 15) is 0 Å². The second-order valence-corrected chi connectivity index (χ2v) is 7.12. The van der Waals surface area contributed by atoms with E-state index in [4.69, 9.17) is 9.47 Å². The van der Waals surface area contributed by atoms with E-state index in [1.807, 2.05) is 36.8 Å². The predicted molar refractivity (Wildman–Crippen MR) is 94.9 cm³/mol. The van der Waals surface area contributed by atoms with Crippen molar-refractivity contribution in [3.8, 4) is 0 Å². The van der Waals surface area contributed by atoms with Gasteiger partial charge < -0.3 is 9.47 Å². The molecular weight excluding hydrogens is 314 g/mol. The van der Waals surface area contributed by atoms with E-state index in [1.54, 1.807) is 0 Å². The van der Waals surface area contributed by atoms with Gasteiger partial charge in [-0.2, -0.15) is 0 Å². The molecule has 5 heteroatoms. The summed E-state index contributed by atoms with van der Waals surface area (Å²) in [6.07, 6.45) is 8.99. The topological polar surface area (TPSA) is 47.5 Å². The summed E-state index contributed by atoms with van der Waals surface area (Å²) in [5.41, 5.74) is 2.25. The number of pyridine rings is 2. The van der Waals surface area contributed by atoms with Gasteiger partial charge in [-0.05, 0) is 49.2 Å². The molecule has 0 radical (unpaired) electrons. The minimum Gasteiger partial charge on any atom is -0.371 e. The minimum atomic E-state index is -0.0416. The highest BCUT2D eigenvalue weighted by atomic mass is 16.6. The third kappa shape index (κ3) is 4.24. The number of hydrogen-bond donors (Lipinski definition) is 0. The lowest BCUT2D eigenvalue weighted by atomic mass is 9.89. The molecule has 2 aromatic rings. The number of rotatable bonds is 5. The normalized spacial score (nSPS) is 27.0. The molecule has 0 amide bonds. The Bertz CT molecular complexity index is 667. The van der Waals surface area contributed by atoms with Crippen LogP contribution in [0.3, 0.4) is 0 Å². The molecule has 132 valence electrons. The van der Waals surface area contributed by atoms with Gasteiger partial charge in [0.05, 0.1) is 30.6 Å². The molecule has 0 bridgehead atoms. The highest BCUT2D eigenvalue weighted by Crippen LogP contribution is 2.36. The molecule has 2 aromatic heterocycles. The summed E-state index contributed by atoms with van der Waals surface area (Å²) < 4.78 is 12.3. The number of ether oxygens (including phenoxy) is 2. The minimum absolute atomic E-state index is 0.0416. The number of piperidine rings is 1. The van der Waals surface area contributed by atoms with Crippen LogP contribution in [0.5, 0.6) is 0 Å². The van der Waals surface area contributed by atoms with Gasteiger partial charge >= 0.3 is 0 Å². The molecule has 1 spiro atoms. The Morgan fingerprint density at radius 3 is 2.96 bits per heavy atom. The van der Waals surface area contributed by atoms with Gasteiger partial charge in [-0.3, -0.25) is 14.9 Å². The molecule has 2 aliphatic rings. The molecule has 2 aliphatic heterocycles. The van der Waals surface area contributed by atoms with E-state index in [-0.39, 0.29) is 11.7 Å². The van der Waals surface area contributed by atoms with Gasteiger partial charge in [-0.25, -0.2) is 0 Å². The van der Waals surface area contributed by atoms with Crippen LogP contribution in [-0.4, -0.2) is 46.3 Å². The van der Waals surface area contributed by atoms with Crippen molar-refractivity contribution in [1.82, 2.24) is 14.9 Å². The molecule has 0 N–H and O–H groups in total. The summed E-state index contributed by atoms with van der Waals surface area (Å²) in [6.45, 7) is 4.33. The Morgan fingerprint density at radius 2 is 2.12 bits per heavy atom. The zero-order chi connectivity index (χ0) is 17.0. The zero-order valence-corrected chi connectivity index (χ0v) is 14.5. The summed E-state index contributed by atoms with van der Waals surface area (Å²) in [6, 6.07) is 10.1. The molecule has 0 saturated carbocycles. The van der Waals surface area contributed by atoms with Crippen LogP contribution in [0.4, 0.5) is 0 Å². The van der Waals surface area contributed by atoms with Crippen molar-refractivity contribution in [2.24, 2.45) is 0 Å². The SMILES string of the molecule is c1ccc(CO[C@@H]2CO[C@@]3(CCCN(Cc4ccncc4)C3)C2)nc1. The van der Waals surface area contributed by atoms with Crippen molar-refractivity contribution in [3.05, 3.63) is 60.2 Å². The first-order chi connectivity index (χ1) is 12.3. The number of likely N-dealkylation sites (tertiary alicyclic amines) is 1. The van der Waals surface area contributed by atoms with Gasteiger partial charge in [0.2, 0.25) is 0 Å². The largest absolute Gasteiger partial charge is 0.371 e. The Labute approximate surface area is 149 Å². The van der Waals surface area contributed by atoms with E-state index in [0.29, 0.717) is 13.2 Å². The van der Waals surface area contributed by atoms with Gasteiger partial charge in [-0.15, -0.1) is 0 Å². The maximum Gasteiger partial charge on any atom is 0.0892 e. The smallest absolute Gasteiger partial charge is 0.0892 e. The number of nitrogens with zero attached hydrogens (tertiary/aromatic N) is 3. The molecule has 0 aromatic carbocycles. The first-order valence-corrected chi connectivity index (χ1v) is 9.08. The first-order valence-electron chi connectivity index (χ1n) is 9.08. The van der Waals surface area contributed by atoms with Crippen molar-refractivity contribution in [1.29, 1.82) is 0 Å². The highest BCUT2D eigenvalue weighted by molar-refractivity contribution is 5.10. The standard InChI is InChI=1S/C20H25N3O2/c1-2-8-22-18(4-1)14-24-19-12-20(25-15-19)7-3-11-23(16-20)13-17-5-9-21-10-6-17/h1-2,4-6,8-10,19H,3,7,11-16H2/t19-,20-/m0/s1. The fourth-order valence-electron chi connectivity index (χ4n) is 3.95. The maximum atomic E-state index is 6.25. The summed E-state index contributed by atoms with van der Waals surface area (Å²) in [7, 11) is 0. The second kappa shape index (κ2) is 7.60. The molecule has 0 aliphatic carbocycles. The zero-order valence-electron chi connectivity index (χ0n) is 14.5. The molecule has 4 heterocycles. The van der Waals surface area contributed by atoms with Crippen LogP contribution in [-0.2, 0) is 22.6 Å². The monoisotopic (exact) mass is 339 g/mol. The molecule has 0 unspecified atom stereocenters. The molecule has 4 rings (SSSR count). The van der Waals surface area contributed by atoms with E-state index >= 15 is 0 Å². The first kappa shape index (κ1) is 16.6. The third-order valence-corrected chi connectivity index (χ3v) is 5.14. The van der Waals surface area contributed by atoms with Crippen molar-refractivity contribution >= 4 is 0 Å². The van der Waals surface area contributed by atoms with Crippen LogP contribution in [0.2, 0.25) is 0 Å². The molecule has 5 nitrogen and oxygen atoms in total. The maximum absolute atomic E-state index is 6.25. The van der Waals surface area contributed by atoms with Crippen molar-refractivity contribution in [2.75, 3.05) is 19.7 Å². The van der Waals surface area contributed by atoms with Gasteiger partial charge in [0, 0.05) is 38.1 Å². The molecule has 2 atom stereocenters. The van der Waals surface area contributed by atoms with Crippen LogP contribution < -0.4 is 0 Å². The van der Waals surface area contributed by atoms with Gasteiger partial charge in [-0.1, -0.05) is 6.07 Å². The van der Waals surface area contributed by atoms with Gasteiger partial charge in [0.15, 0.2) is 0 Å². The quantitative estimate of drug-likeness (QED) is 0.838. The molecular formula is C20H25N3O2. The number of hydrogen-bond acceptors (Lipinski definition) is 5. The second-order valence-electron chi connectivity index (χ2n) is 7.12. The fourth-order valence-corrected chi connectivity index (χ4v) is 3.95. The average molecular weight is 339 g/mol. The third-order valence-electron chi connectivity index (χ3n) is 5.14. The van der Waals surface area contributed by atoms with Crippen molar-refractivity contribution < 1.29 is 9.47 Å². The number of aromatic nitrogens is 2. The fraction of sp³-hybridized carbons (Fsp3) is 0.500. The van der Waals surface area contributed by atoms with Crippen LogP contribution in [0, 0.1) is 0 Å². The van der Waals surface area contributed by atoms with E-state index < -0.39 is 0 Å². The Morgan fingerprint density at radius 1 is 1.20 bits per heavy atom. The van der Waals surface area contributed by atoms with E-state index in [2.05, 4.69) is 27.0 Å².